The number of carbonyl (C=O) groups is 1. The molecule has 0 aromatic heterocycles. The van der Waals surface area contributed by atoms with Crippen LogP contribution in [0.1, 0.15) is 45.1 Å². The van der Waals surface area contributed by atoms with Gasteiger partial charge >= 0.3 is 6.18 Å². The first kappa shape index (κ1) is 30.7. The first-order chi connectivity index (χ1) is 19.5. The molecule has 1 aliphatic heterocycles. The quantitative estimate of drug-likeness (QED) is 0.321. The zero-order chi connectivity index (χ0) is 29.6. The number of ether oxygens (including phenoxy) is 2. The van der Waals surface area contributed by atoms with E-state index in [2.05, 4.69) is 24.1 Å². The molecule has 41 heavy (non-hydrogen) atoms. The lowest BCUT2D eigenvalue weighted by molar-refractivity contribution is -0.139. The minimum Gasteiger partial charge on any atom is -0.493 e. The highest BCUT2D eigenvalue weighted by Gasteiger charge is 2.35. The van der Waals surface area contributed by atoms with Gasteiger partial charge in [-0.05, 0) is 74.1 Å². The summed E-state index contributed by atoms with van der Waals surface area (Å²) in [4.78, 5) is 16.8. The fourth-order valence-corrected chi connectivity index (χ4v) is 5.15. The van der Waals surface area contributed by atoms with E-state index in [0.717, 1.165) is 36.7 Å². The minimum atomic E-state index is -4.74. The van der Waals surface area contributed by atoms with Crippen LogP contribution in [0.25, 0.3) is 0 Å². The molecular formula is C29H39F3N4O5. The lowest BCUT2D eigenvalue weighted by Gasteiger charge is -2.36. The number of nitrogens with zero attached hydrogens (tertiary/aromatic N) is 3. The first-order valence-corrected chi connectivity index (χ1v) is 14.0. The number of alkyl halides is 3. The second kappa shape index (κ2) is 13.6. The van der Waals surface area contributed by atoms with Gasteiger partial charge in [0, 0.05) is 43.6 Å². The Labute approximate surface area is 238 Å². The molecule has 2 fully saturated rings. The van der Waals surface area contributed by atoms with Gasteiger partial charge in [-0.3, -0.25) is 15.2 Å². The lowest BCUT2D eigenvalue weighted by Crippen LogP contribution is -2.50. The van der Waals surface area contributed by atoms with Crippen molar-refractivity contribution < 1.29 is 37.9 Å². The van der Waals surface area contributed by atoms with Gasteiger partial charge in [0.05, 0.1) is 18.3 Å². The van der Waals surface area contributed by atoms with Crippen molar-refractivity contribution in [3.63, 3.8) is 0 Å². The van der Waals surface area contributed by atoms with Crippen LogP contribution in [0.5, 0.6) is 5.75 Å². The number of hydrogen-bond acceptors (Lipinski definition) is 8. The van der Waals surface area contributed by atoms with Crippen LogP contribution in [0.2, 0.25) is 0 Å². The summed E-state index contributed by atoms with van der Waals surface area (Å²) in [6.45, 7) is 7.62. The Morgan fingerprint density at radius 2 is 1.68 bits per heavy atom. The van der Waals surface area contributed by atoms with Crippen molar-refractivity contribution >= 4 is 23.0 Å². The van der Waals surface area contributed by atoms with Crippen LogP contribution in [0.4, 0.5) is 30.2 Å². The van der Waals surface area contributed by atoms with E-state index in [1.807, 2.05) is 29.2 Å². The van der Waals surface area contributed by atoms with Crippen molar-refractivity contribution in [1.29, 1.82) is 0 Å². The zero-order valence-electron chi connectivity index (χ0n) is 23.4. The molecule has 226 valence electrons. The molecule has 2 aromatic carbocycles. The summed E-state index contributed by atoms with van der Waals surface area (Å²) in [6.07, 6.45) is -2.11. The molecule has 1 saturated heterocycles. The fraction of sp³-hybridized carbons (Fsp3) is 0.552. The minimum absolute atomic E-state index is 0.0138. The highest BCUT2D eigenvalue weighted by Crippen LogP contribution is 2.38. The molecule has 12 heteroatoms. The van der Waals surface area contributed by atoms with Crippen molar-refractivity contribution in [3.8, 4) is 5.75 Å². The average Bonchev–Trinajstić information content (AvgIpc) is 2.95. The molecule has 0 radical (unpaired) electrons. The second-order valence-electron chi connectivity index (χ2n) is 11.0. The molecule has 0 unspecified atom stereocenters. The van der Waals surface area contributed by atoms with E-state index in [-0.39, 0.29) is 30.3 Å². The van der Waals surface area contributed by atoms with E-state index in [1.165, 1.54) is 6.07 Å². The summed E-state index contributed by atoms with van der Waals surface area (Å²) < 4.78 is 51.6. The van der Waals surface area contributed by atoms with Gasteiger partial charge in [-0.25, -0.2) is 0 Å². The molecule has 2 aromatic rings. The molecule has 0 bridgehead atoms. The Hall–Kier alpha value is -3.22. The highest BCUT2D eigenvalue weighted by atomic mass is 19.4. The maximum atomic E-state index is 13.3. The number of halogens is 3. The number of nitrogens with one attached hydrogen (secondary N) is 1. The molecule has 9 nitrogen and oxygen atoms in total. The van der Waals surface area contributed by atoms with Crippen molar-refractivity contribution in [2.75, 3.05) is 54.8 Å². The first-order valence-electron chi connectivity index (χ1n) is 14.0. The van der Waals surface area contributed by atoms with E-state index in [4.69, 9.17) is 19.9 Å². The van der Waals surface area contributed by atoms with Crippen LogP contribution in [0.15, 0.2) is 42.5 Å². The fourth-order valence-electron chi connectivity index (χ4n) is 5.15. The number of benzene rings is 2. The monoisotopic (exact) mass is 580 g/mol. The predicted octanol–water partition coefficient (Wildman–Crippen LogP) is 5.41. The molecule has 4 rings (SSSR count). The van der Waals surface area contributed by atoms with Gasteiger partial charge in [-0.2, -0.15) is 13.2 Å². The number of rotatable bonds is 10. The van der Waals surface area contributed by atoms with Gasteiger partial charge in [0.25, 0.3) is 0 Å². The van der Waals surface area contributed by atoms with Gasteiger partial charge in [-0.1, -0.05) is 13.8 Å². The number of amides is 1. The SMILES string of the molecule is CC(C)COc1ccc(N2CCN(C(=O)COC3CCC(Nc4ccc(N(O)O)c(C(F)(F)F)c4)CC3)CC2)cc1. The summed E-state index contributed by atoms with van der Waals surface area (Å²) in [7, 11) is 0. The summed E-state index contributed by atoms with van der Waals surface area (Å²) in [5, 5.41) is 20.8. The number of carbonyl (C=O) groups excluding carboxylic acids is 1. The van der Waals surface area contributed by atoms with Crippen LogP contribution >= 0.6 is 0 Å². The summed E-state index contributed by atoms with van der Waals surface area (Å²) >= 11 is 0. The van der Waals surface area contributed by atoms with Crippen molar-refractivity contribution in [1.82, 2.24) is 4.90 Å². The van der Waals surface area contributed by atoms with Crippen molar-refractivity contribution in [2.45, 2.75) is 57.9 Å². The zero-order valence-corrected chi connectivity index (χ0v) is 23.4. The Morgan fingerprint density at radius 3 is 2.27 bits per heavy atom. The summed E-state index contributed by atoms with van der Waals surface area (Å²) in [5.74, 6) is 1.28. The molecule has 0 atom stereocenters. The Bertz CT molecular complexity index is 1130. The molecule has 1 amide bonds. The normalized spacial score (nSPS) is 19.8. The van der Waals surface area contributed by atoms with Crippen LogP contribution in [-0.2, 0) is 15.7 Å². The average molecular weight is 581 g/mol. The molecule has 1 saturated carbocycles. The predicted molar refractivity (Wildman–Crippen MR) is 149 cm³/mol. The highest BCUT2D eigenvalue weighted by molar-refractivity contribution is 5.77. The third-order valence-electron chi connectivity index (χ3n) is 7.42. The number of piperazine rings is 1. The maximum Gasteiger partial charge on any atom is 0.418 e. The Kier molecular flexibility index (Phi) is 10.2. The van der Waals surface area contributed by atoms with Crippen molar-refractivity contribution in [2.24, 2.45) is 5.92 Å². The number of anilines is 3. The third-order valence-corrected chi connectivity index (χ3v) is 7.42. The standard InChI is InChI=1S/C29H39F3N4O5/c1-20(2)18-40-25-10-6-23(7-11-25)34-13-15-35(16-14-34)28(37)19-41-24-8-3-21(4-9-24)33-22-5-12-27(36(38)39)26(17-22)29(30,31)32/h5-7,10-12,17,20-21,24,33,38-39H,3-4,8-9,13-16,18-19H2,1-2H3. The molecular weight excluding hydrogens is 541 g/mol. The molecule has 1 heterocycles. The maximum absolute atomic E-state index is 13.3. The molecule has 0 spiro atoms. The van der Waals surface area contributed by atoms with E-state index in [9.17, 15) is 18.0 Å². The van der Waals surface area contributed by atoms with Crippen LogP contribution in [0.3, 0.4) is 0 Å². The van der Waals surface area contributed by atoms with Gasteiger partial charge in [0.1, 0.15) is 18.0 Å². The topological polar surface area (TPSA) is 97.7 Å². The smallest absolute Gasteiger partial charge is 0.418 e. The molecule has 2 aliphatic rings. The number of hydrogen-bond donors (Lipinski definition) is 3. The summed E-state index contributed by atoms with van der Waals surface area (Å²) in [6, 6.07) is 11.2. The third kappa shape index (κ3) is 8.64. The van der Waals surface area contributed by atoms with Crippen LogP contribution < -0.4 is 20.2 Å². The molecule has 1 aliphatic carbocycles. The van der Waals surface area contributed by atoms with Gasteiger partial charge in [0.2, 0.25) is 5.91 Å². The largest absolute Gasteiger partial charge is 0.493 e. The Morgan fingerprint density at radius 1 is 1.02 bits per heavy atom. The molecule has 3 N–H and O–H groups in total. The van der Waals surface area contributed by atoms with E-state index < -0.39 is 22.7 Å². The van der Waals surface area contributed by atoms with Gasteiger partial charge in [-0.15, -0.1) is 5.23 Å². The van der Waals surface area contributed by atoms with Crippen molar-refractivity contribution in [3.05, 3.63) is 48.0 Å². The van der Waals surface area contributed by atoms with Gasteiger partial charge < -0.3 is 24.6 Å². The van der Waals surface area contributed by atoms with E-state index in [0.29, 0.717) is 51.3 Å². The summed E-state index contributed by atoms with van der Waals surface area (Å²) in [5.41, 5.74) is -0.539. The Balaban J connectivity index is 1.17. The van der Waals surface area contributed by atoms with Crippen LogP contribution in [-0.4, -0.2) is 72.8 Å². The van der Waals surface area contributed by atoms with E-state index >= 15 is 0 Å². The second-order valence-corrected chi connectivity index (χ2v) is 11.0. The van der Waals surface area contributed by atoms with Crippen LogP contribution in [0, 0.1) is 5.92 Å². The van der Waals surface area contributed by atoms with Gasteiger partial charge in [0.15, 0.2) is 0 Å². The lowest BCUT2D eigenvalue weighted by atomic mass is 9.92. The van der Waals surface area contributed by atoms with E-state index in [1.54, 1.807) is 0 Å².